The van der Waals surface area contributed by atoms with Crippen LogP contribution >= 0.6 is 11.3 Å². The molecule has 3 N–H and O–H groups in total. The Hall–Kier alpha value is -2.74. The van der Waals surface area contributed by atoms with Crippen molar-refractivity contribution in [3.05, 3.63) is 40.9 Å². The molecule has 0 saturated heterocycles. The lowest BCUT2D eigenvalue weighted by atomic mass is 10.0. The van der Waals surface area contributed by atoms with E-state index in [2.05, 4.69) is 31.0 Å². The molecule has 1 heterocycles. The number of benzene rings is 1. The van der Waals surface area contributed by atoms with E-state index in [4.69, 9.17) is 10.5 Å². The number of ether oxygens (including phenoxy) is 1. The van der Waals surface area contributed by atoms with Gasteiger partial charge in [-0.3, -0.25) is 14.9 Å². The molecule has 0 bridgehead atoms. The first kappa shape index (κ1) is 21.6. The van der Waals surface area contributed by atoms with Crippen molar-refractivity contribution < 1.29 is 19.1 Å². The maximum atomic E-state index is 12.2. The molecule has 0 aliphatic rings. The number of carbonyl (C=O) groups is 3. The van der Waals surface area contributed by atoms with Crippen molar-refractivity contribution in [3.8, 4) is 10.6 Å². The summed E-state index contributed by atoms with van der Waals surface area (Å²) in [6, 6.07) is 7.18. The molecule has 3 amide bonds. The normalized spacial score (nSPS) is 12.1. The Balaban J connectivity index is 2.02. The van der Waals surface area contributed by atoms with E-state index in [1.807, 2.05) is 17.4 Å². The average Bonchev–Trinajstić information content (AvgIpc) is 3.07. The van der Waals surface area contributed by atoms with Crippen LogP contribution in [0.5, 0.6) is 0 Å². The van der Waals surface area contributed by atoms with E-state index in [9.17, 15) is 14.4 Å². The van der Waals surface area contributed by atoms with E-state index >= 15 is 0 Å². The van der Waals surface area contributed by atoms with Gasteiger partial charge in [0.1, 0.15) is 5.01 Å². The van der Waals surface area contributed by atoms with Gasteiger partial charge in [-0.05, 0) is 17.4 Å². The molecule has 0 aliphatic carbocycles. The van der Waals surface area contributed by atoms with Gasteiger partial charge in [-0.15, -0.1) is 11.3 Å². The molecule has 1 aromatic heterocycles. The summed E-state index contributed by atoms with van der Waals surface area (Å²) in [7, 11) is 0. The van der Waals surface area contributed by atoms with Crippen molar-refractivity contribution in [2.45, 2.75) is 46.1 Å². The molecule has 1 atom stereocenters. The van der Waals surface area contributed by atoms with Crippen LogP contribution in [0, 0.1) is 5.92 Å². The molecule has 2 aromatic rings. The number of primary amides is 1. The van der Waals surface area contributed by atoms with Gasteiger partial charge >= 0.3 is 12.0 Å². The third-order valence-electron chi connectivity index (χ3n) is 4.07. The largest absolute Gasteiger partial charge is 0.452 e. The number of hydrogen-bond acceptors (Lipinski definition) is 6. The molecular weight excluding hydrogens is 378 g/mol. The van der Waals surface area contributed by atoms with Gasteiger partial charge in [-0.2, -0.15) is 0 Å². The highest BCUT2D eigenvalue weighted by Gasteiger charge is 2.27. The van der Waals surface area contributed by atoms with Gasteiger partial charge in [0.25, 0.3) is 5.91 Å². The predicted molar refractivity (Wildman–Crippen MR) is 108 cm³/mol. The van der Waals surface area contributed by atoms with Gasteiger partial charge in [-0.25, -0.2) is 9.78 Å². The van der Waals surface area contributed by atoms with Crippen molar-refractivity contribution in [1.29, 1.82) is 0 Å². The fourth-order valence-electron chi connectivity index (χ4n) is 2.55. The molecule has 2 rings (SSSR count). The number of imide groups is 1. The van der Waals surface area contributed by atoms with Crippen LogP contribution in [0.15, 0.2) is 29.6 Å². The second-order valence-corrected chi connectivity index (χ2v) is 7.96. The first-order valence-electron chi connectivity index (χ1n) is 9.02. The molecule has 0 radical (unpaired) electrons. The Morgan fingerprint density at radius 2 is 1.79 bits per heavy atom. The summed E-state index contributed by atoms with van der Waals surface area (Å²) < 4.78 is 5.24. The van der Waals surface area contributed by atoms with Crippen molar-refractivity contribution >= 4 is 29.2 Å². The maximum absolute atomic E-state index is 12.2. The van der Waals surface area contributed by atoms with Crippen LogP contribution in [-0.2, 0) is 20.7 Å². The Morgan fingerprint density at radius 3 is 2.32 bits per heavy atom. The van der Waals surface area contributed by atoms with Gasteiger partial charge in [-0.1, -0.05) is 52.0 Å². The van der Waals surface area contributed by atoms with Gasteiger partial charge in [0.05, 0.1) is 12.1 Å². The van der Waals surface area contributed by atoms with Crippen LogP contribution in [0.25, 0.3) is 10.6 Å². The van der Waals surface area contributed by atoms with E-state index in [1.54, 1.807) is 19.2 Å². The topological polar surface area (TPSA) is 111 Å². The first-order chi connectivity index (χ1) is 13.2. The molecule has 28 heavy (non-hydrogen) atoms. The molecule has 0 aliphatic heterocycles. The Labute approximate surface area is 168 Å². The SMILES string of the molecule is CC(C)c1ccc(-c2nc(CC(=O)O[C@@H](C(=O)NC(N)=O)C(C)C)cs2)cc1. The monoisotopic (exact) mass is 403 g/mol. The maximum Gasteiger partial charge on any atom is 0.318 e. The molecule has 150 valence electrons. The predicted octanol–water partition coefficient (Wildman–Crippen LogP) is 3.24. The summed E-state index contributed by atoms with van der Waals surface area (Å²) in [5, 5.41) is 4.54. The first-order valence-corrected chi connectivity index (χ1v) is 9.89. The molecule has 0 unspecified atom stereocenters. The standard InChI is InChI=1S/C20H25N3O4S/c1-11(2)13-5-7-14(8-6-13)19-22-15(10-28-19)9-16(24)27-17(12(3)4)18(25)23-20(21)26/h5-8,10-12,17H,9H2,1-4H3,(H3,21,23,25,26)/t17-/m1/s1. The van der Waals surface area contributed by atoms with Crippen LogP contribution < -0.4 is 11.1 Å². The van der Waals surface area contributed by atoms with Crippen molar-refractivity contribution in [3.63, 3.8) is 0 Å². The highest BCUT2D eigenvalue weighted by Crippen LogP contribution is 2.26. The summed E-state index contributed by atoms with van der Waals surface area (Å²) in [5.41, 5.74) is 7.74. The third-order valence-corrected chi connectivity index (χ3v) is 5.01. The third kappa shape index (κ3) is 5.88. The lowest BCUT2D eigenvalue weighted by molar-refractivity contribution is -0.157. The number of hydrogen-bond donors (Lipinski definition) is 2. The van der Waals surface area contributed by atoms with Crippen LogP contribution in [0.1, 0.15) is 44.9 Å². The lowest BCUT2D eigenvalue weighted by Crippen LogP contribution is -2.45. The van der Waals surface area contributed by atoms with Gasteiger partial charge in [0.15, 0.2) is 6.10 Å². The molecule has 0 fully saturated rings. The van der Waals surface area contributed by atoms with Crippen molar-refractivity contribution in [1.82, 2.24) is 10.3 Å². The fraction of sp³-hybridized carbons (Fsp3) is 0.400. The zero-order valence-electron chi connectivity index (χ0n) is 16.4. The van der Waals surface area contributed by atoms with Crippen molar-refractivity contribution in [2.75, 3.05) is 0 Å². The van der Waals surface area contributed by atoms with Gasteiger partial charge in [0.2, 0.25) is 0 Å². The number of nitrogens with zero attached hydrogens (tertiary/aromatic N) is 1. The highest BCUT2D eigenvalue weighted by molar-refractivity contribution is 7.13. The molecule has 0 spiro atoms. The second kappa shape index (κ2) is 9.45. The zero-order chi connectivity index (χ0) is 20.8. The quantitative estimate of drug-likeness (QED) is 0.689. The van der Waals surface area contributed by atoms with E-state index in [0.717, 1.165) is 10.6 Å². The van der Waals surface area contributed by atoms with E-state index in [-0.39, 0.29) is 12.3 Å². The minimum Gasteiger partial charge on any atom is -0.452 e. The number of nitrogens with two attached hydrogens (primary N) is 1. The fourth-order valence-corrected chi connectivity index (χ4v) is 3.37. The number of carbonyl (C=O) groups excluding carboxylic acids is 3. The minimum absolute atomic E-state index is 0.0619. The number of esters is 1. The number of thiazole rings is 1. The van der Waals surface area contributed by atoms with E-state index < -0.39 is 24.0 Å². The summed E-state index contributed by atoms with van der Waals surface area (Å²) in [6.07, 6.45) is -1.16. The number of urea groups is 1. The van der Waals surface area contributed by atoms with E-state index in [0.29, 0.717) is 11.6 Å². The van der Waals surface area contributed by atoms with Crippen molar-refractivity contribution in [2.24, 2.45) is 11.7 Å². The number of rotatable bonds is 7. The second-order valence-electron chi connectivity index (χ2n) is 7.11. The van der Waals surface area contributed by atoms with Crippen LogP contribution in [-0.4, -0.2) is 29.0 Å². The zero-order valence-corrected chi connectivity index (χ0v) is 17.2. The Morgan fingerprint density at radius 1 is 1.14 bits per heavy atom. The summed E-state index contributed by atoms with van der Waals surface area (Å²) >= 11 is 1.44. The van der Waals surface area contributed by atoms with E-state index in [1.165, 1.54) is 16.9 Å². The van der Waals surface area contributed by atoms with Gasteiger partial charge in [0, 0.05) is 10.9 Å². The number of nitrogens with one attached hydrogen (secondary N) is 1. The molecular formula is C20H25N3O4S. The van der Waals surface area contributed by atoms with Crippen LogP contribution in [0.2, 0.25) is 0 Å². The smallest absolute Gasteiger partial charge is 0.318 e. The van der Waals surface area contributed by atoms with Crippen LogP contribution in [0.3, 0.4) is 0 Å². The number of aromatic nitrogens is 1. The summed E-state index contributed by atoms with van der Waals surface area (Å²) in [5.74, 6) is -1.18. The molecule has 1 aromatic carbocycles. The Kier molecular flexibility index (Phi) is 7.28. The summed E-state index contributed by atoms with van der Waals surface area (Å²) in [6.45, 7) is 7.69. The molecule has 8 heteroatoms. The average molecular weight is 404 g/mol. The highest BCUT2D eigenvalue weighted by atomic mass is 32.1. The molecule has 0 saturated carbocycles. The van der Waals surface area contributed by atoms with Gasteiger partial charge < -0.3 is 10.5 Å². The summed E-state index contributed by atoms with van der Waals surface area (Å²) in [4.78, 5) is 39.5. The van der Waals surface area contributed by atoms with Crippen LogP contribution in [0.4, 0.5) is 4.79 Å². The number of amides is 3. The lowest BCUT2D eigenvalue weighted by Gasteiger charge is -2.19. The molecule has 7 nitrogen and oxygen atoms in total. The Bertz CT molecular complexity index is 843. The minimum atomic E-state index is -1.10.